The van der Waals surface area contributed by atoms with E-state index in [9.17, 15) is 9.59 Å². The SMILES string of the molecule is CCCCN(CCC)C(=O)C(=O)N1CCCC(C)C1. The number of carbonyl (C=O) groups is 2. The van der Waals surface area contributed by atoms with Crippen LogP contribution in [0.5, 0.6) is 0 Å². The van der Waals surface area contributed by atoms with Crippen molar-refractivity contribution in [2.45, 2.75) is 52.9 Å². The van der Waals surface area contributed by atoms with Gasteiger partial charge in [0.1, 0.15) is 0 Å². The summed E-state index contributed by atoms with van der Waals surface area (Å²) in [7, 11) is 0. The molecule has 0 radical (unpaired) electrons. The monoisotopic (exact) mass is 268 g/mol. The van der Waals surface area contributed by atoms with Gasteiger partial charge in [-0.25, -0.2) is 0 Å². The molecule has 0 aromatic carbocycles. The number of nitrogens with zero attached hydrogens (tertiary/aromatic N) is 2. The van der Waals surface area contributed by atoms with Gasteiger partial charge >= 0.3 is 11.8 Å². The molecule has 4 heteroatoms. The largest absolute Gasteiger partial charge is 0.334 e. The van der Waals surface area contributed by atoms with Crippen molar-refractivity contribution in [3.05, 3.63) is 0 Å². The fraction of sp³-hybridized carbons (Fsp3) is 0.867. The Hall–Kier alpha value is -1.06. The molecule has 19 heavy (non-hydrogen) atoms. The van der Waals surface area contributed by atoms with Gasteiger partial charge in [0.15, 0.2) is 0 Å². The topological polar surface area (TPSA) is 40.6 Å². The number of rotatable bonds is 5. The highest BCUT2D eigenvalue weighted by Gasteiger charge is 2.29. The van der Waals surface area contributed by atoms with Crippen LogP contribution in [-0.4, -0.2) is 47.8 Å². The highest BCUT2D eigenvalue weighted by molar-refractivity contribution is 6.34. The van der Waals surface area contributed by atoms with E-state index in [1.165, 1.54) is 0 Å². The maximum atomic E-state index is 12.3. The van der Waals surface area contributed by atoms with Crippen LogP contribution in [0.1, 0.15) is 52.9 Å². The zero-order valence-electron chi connectivity index (χ0n) is 12.7. The van der Waals surface area contributed by atoms with Crippen LogP contribution < -0.4 is 0 Å². The van der Waals surface area contributed by atoms with Crippen molar-refractivity contribution < 1.29 is 9.59 Å². The number of hydrogen-bond acceptors (Lipinski definition) is 2. The Kier molecular flexibility index (Phi) is 6.89. The van der Waals surface area contributed by atoms with Gasteiger partial charge in [-0.2, -0.15) is 0 Å². The van der Waals surface area contributed by atoms with E-state index >= 15 is 0 Å². The molecule has 0 bridgehead atoms. The first-order chi connectivity index (χ1) is 9.10. The van der Waals surface area contributed by atoms with Gasteiger partial charge < -0.3 is 9.80 Å². The van der Waals surface area contributed by atoms with Crippen molar-refractivity contribution in [2.24, 2.45) is 5.92 Å². The summed E-state index contributed by atoms with van der Waals surface area (Å²) in [4.78, 5) is 28.0. The van der Waals surface area contributed by atoms with E-state index in [0.29, 0.717) is 19.0 Å². The van der Waals surface area contributed by atoms with Gasteiger partial charge in [-0.3, -0.25) is 9.59 Å². The smallest absolute Gasteiger partial charge is 0.312 e. The van der Waals surface area contributed by atoms with Gasteiger partial charge in [0, 0.05) is 26.2 Å². The van der Waals surface area contributed by atoms with Crippen LogP contribution in [-0.2, 0) is 9.59 Å². The zero-order valence-corrected chi connectivity index (χ0v) is 12.7. The molecule has 1 saturated heterocycles. The van der Waals surface area contributed by atoms with Gasteiger partial charge in [0.05, 0.1) is 0 Å². The van der Waals surface area contributed by atoms with Crippen molar-refractivity contribution in [3.63, 3.8) is 0 Å². The Balaban J connectivity index is 2.58. The van der Waals surface area contributed by atoms with Gasteiger partial charge in [0.2, 0.25) is 0 Å². The summed E-state index contributed by atoms with van der Waals surface area (Å²) in [6.45, 7) is 9.15. The summed E-state index contributed by atoms with van der Waals surface area (Å²) in [6, 6.07) is 0. The van der Waals surface area contributed by atoms with Crippen LogP contribution in [0.4, 0.5) is 0 Å². The minimum atomic E-state index is -0.301. The lowest BCUT2D eigenvalue weighted by atomic mass is 10.0. The molecule has 1 aliphatic heterocycles. The molecule has 1 unspecified atom stereocenters. The van der Waals surface area contributed by atoms with Gasteiger partial charge in [-0.1, -0.05) is 27.2 Å². The first-order valence-electron chi connectivity index (χ1n) is 7.68. The summed E-state index contributed by atoms with van der Waals surface area (Å²) in [6.07, 6.45) is 5.09. The normalized spacial score (nSPS) is 19.3. The summed E-state index contributed by atoms with van der Waals surface area (Å²) in [5, 5.41) is 0. The van der Waals surface area contributed by atoms with E-state index < -0.39 is 0 Å². The Labute approximate surface area is 117 Å². The van der Waals surface area contributed by atoms with Gasteiger partial charge in [-0.15, -0.1) is 0 Å². The van der Waals surface area contributed by atoms with Crippen LogP contribution in [0.25, 0.3) is 0 Å². The highest BCUT2D eigenvalue weighted by Crippen LogP contribution is 2.16. The molecule has 2 amide bonds. The molecule has 0 saturated carbocycles. The lowest BCUT2D eigenvalue weighted by molar-refractivity contribution is -0.152. The summed E-state index contributed by atoms with van der Waals surface area (Å²) >= 11 is 0. The molecule has 1 atom stereocenters. The molecule has 0 spiro atoms. The van der Waals surface area contributed by atoms with Crippen molar-refractivity contribution in [2.75, 3.05) is 26.2 Å². The van der Waals surface area contributed by atoms with Crippen molar-refractivity contribution >= 4 is 11.8 Å². The molecule has 0 aliphatic carbocycles. The second-order valence-corrected chi connectivity index (χ2v) is 5.64. The van der Waals surface area contributed by atoms with E-state index in [1.54, 1.807) is 9.80 Å². The predicted molar refractivity (Wildman–Crippen MR) is 76.8 cm³/mol. The quantitative estimate of drug-likeness (QED) is 0.718. The molecule has 0 N–H and O–H groups in total. The first kappa shape index (κ1) is 16.0. The molecular weight excluding hydrogens is 240 g/mol. The molecule has 110 valence electrons. The van der Waals surface area contributed by atoms with E-state index in [2.05, 4.69) is 13.8 Å². The number of likely N-dealkylation sites (tertiary alicyclic amines) is 1. The summed E-state index contributed by atoms with van der Waals surface area (Å²) < 4.78 is 0. The van der Waals surface area contributed by atoms with Crippen LogP contribution in [0.3, 0.4) is 0 Å². The summed E-state index contributed by atoms with van der Waals surface area (Å²) in [5.74, 6) is -0.0822. The Morgan fingerprint density at radius 2 is 1.95 bits per heavy atom. The minimum Gasteiger partial charge on any atom is -0.334 e. The lowest BCUT2D eigenvalue weighted by Gasteiger charge is -2.32. The van der Waals surface area contributed by atoms with Crippen LogP contribution in [0.2, 0.25) is 0 Å². The third-order valence-electron chi connectivity index (χ3n) is 3.69. The average Bonchev–Trinajstić information content (AvgIpc) is 2.42. The molecule has 4 nitrogen and oxygen atoms in total. The predicted octanol–water partition coefficient (Wildman–Crippen LogP) is 2.28. The second kappa shape index (κ2) is 8.18. The van der Waals surface area contributed by atoms with Crippen molar-refractivity contribution in [1.82, 2.24) is 9.80 Å². The van der Waals surface area contributed by atoms with Crippen LogP contribution in [0, 0.1) is 5.92 Å². The first-order valence-corrected chi connectivity index (χ1v) is 7.68. The molecule has 1 aliphatic rings. The highest BCUT2D eigenvalue weighted by atomic mass is 16.2. The number of hydrogen-bond donors (Lipinski definition) is 0. The van der Waals surface area contributed by atoms with Crippen LogP contribution in [0.15, 0.2) is 0 Å². The summed E-state index contributed by atoms with van der Waals surface area (Å²) in [5.41, 5.74) is 0. The Morgan fingerprint density at radius 1 is 1.21 bits per heavy atom. The average molecular weight is 268 g/mol. The zero-order chi connectivity index (χ0) is 14.3. The van der Waals surface area contributed by atoms with Crippen LogP contribution >= 0.6 is 0 Å². The third-order valence-corrected chi connectivity index (χ3v) is 3.69. The molecule has 0 aromatic rings. The standard InChI is InChI=1S/C15H28N2O2/c1-4-6-10-16(9-5-2)14(18)15(19)17-11-7-8-13(3)12-17/h13H,4-12H2,1-3H3. The lowest BCUT2D eigenvalue weighted by Crippen LogP contribution is -2.48. The number of piperidine rings is 1. The molecule has 1 rings (SSSR count). The fourth-order valence-electron chi connectivity index (χ4n) is 2.58. The second-order valence-electron chi connectivity index (χ2n) is 5.64. The Bertz CT molecular complexity index is 305. The van der Waals surface area contributed by atoms with Gasteiger partial charge in [-0.05, 0) is 31.6 Å². The number of amides is 2. The molecule has 1 fully saturated rings. The van der Waals surface area contributed by atoms with Crippen molar-refractivity contribution in [1.29, 1.82) is 0 Å². The fourth-order valence-corrected chi connectivity index (χ4v) is 2.58. The van der Waals surface area contributed by atoms with E-state index in [4.69, 9.17) is 0 Å². The van der Waals surface area contributed by atoms with E-state index in [-0.39, 0.29) is 11.8 Å². The molecule has 1 heterocycles. The number of unbranched alkanes of at least 4 members (excludes halogenated alkanes) is 1. The maximum absolute atomic E-state index is 12.3. The molecular formula is C15H28N2O2. The maximum Gasteiger partial charge on any atom is 0.312 e. The van der Waals surface area contributed by atoms with Crippen molar-refractivity contribution in [3.8, 4) is 0 Å². The Morgan fingerprint density at radius 3 is 2.53 bits per heavy atom. The van der Waals surface area contributed by atoms with E-state index in [1.807, 2.05) is 6.92 Å². The number of carbonyl (C=O) groups excluding carboxylic acids is 2. The van der Waals surface area contributed by atoms with Gasteiger partial charge in [0.25, 0.3) is 0 Å². The minimum absolute atomic E-state index is 0.295. The van der Waals surface area contributed by atoms with E-state index in [0.717, 1.165) is 45.2 Å². The third kappa shape index (κ3) is 4.84. The molecule has 0 aromatic heterocycles.